The molecule has 3 heterocycles. The van der Waals surface area contributed by atoms with Crippen LogP contribution in [0.25, 0.3) is 10.2 Å². The van der Waals surface area contributed by atoms with Crippen LogP contribution in [0.15, 0.2) is 42.5 Å². The van der Waals surface area contributed by atoms with Gasteiger partial charge in [-0.2, -0.15) is 0 Å². The van der Waals surface area contributed by atoms with Gasteiger partial charge in [0.1, 0.15) is 10.6 Å². The van der Waals surface area contributed by atoms with Crippen molar-refractivity contribution in [2.24, 2.45) is 0 Å². The van der Waals surface area contributed by atoms with Crippen LogP contribution in [0, 0.1) is 0 Å². The normalized spacial score (nSPS) is 15.8. The molecule has 1 atom stereocenters. The molecule has 0 saturated carbocycles. The van der Waals surface area contributed by atoms with E-state index in [0.29, 0.717) is 10.8 Å². The number of fused-ring (bicyclic) bond motifs is 1. The fourth-order valence-corrected chi connectivity index (χ4v) is 4.15. The summed E-state index contributed by atoms with van der Waals surface area (Å²) >= 11 is 1.43. The first kappa shape index (κ1) is 17.9. The summed E-state index contributed by atoms with van der Waals surface area (Å²) < 4.78 is 5.26. The largest absolute Gasteiger partial charge is 0.497 e. The number of pyridine rings is 1. The van der Waals surface area contributed by atoms with Gasteiger partial charge in [0.15, 0.2) is 0 Å². The Labute approximate surface area is 161 Å². The molecule has 3 N–H and O–H groups in total. The summed E-state index contributed by atoms with van der Waals surface area (Å²) in [6.45, 7) is 3.71. The highest BCUT2D eigenvalue weighted by Gasteiger charge is 2.19. The average Bonchev–Trinajstić information content (AvgIpc) is 3.37. The van der Waals surface area contributed by atoms with Crippen LogP contribution in [0.2, 0.25) is 0 Å². The third-order valence-electron chi connectivity index (χ3n) is 4.81. The van der Waals surface area contributed by atoms with Crippen molar-refractivity contribution in [3.63, 3.8) is 0 Å². The standard InChI is InChI=1S/C20H22N4O2S/c1-12(13-4-3-5-16(8-13)26-2)23-19(25)18-9-14-6-7-17(24-20(14)27-18)15-10-21-22-11-15/h3-9,12,15,21-22H,10-11H2,1-2H3,(H,23,25)/t12-/m1/s1. The van der Waals surface area contributed by atoms with Gasteiger partial charge in [-0.1, -0.05) is 18.2 Å². The fraction of sp³-hybridized carbons (Fsp3) is 0.300. The highest BCUT2D eigenvalue weighted by Crippen LogP contribution is 2.27. The van der Waals surface area contributed by atoms with Gasteiger partial charge in [0.25, 0.3) is 5.91 Å². The number of ether oxygens (including phenoxy) is 1. The van der Waals surface area contributed by atoms with E-state index in [1.165, 1.54) is 11.3 Å². The number of amides is 1. The predicted molar refractivity (Wildman–Crippen MR) is 107 cm³/mol. The molecule has 0 radical (unpaired) electrons. The second-order valence-corrected chi connectivity index (χ2v) is 7.70. The van der Waals surface area contributed by atoms with Crippen molar-refractivity contribution >= 4 is 27.5 Å². The zero-order valence-corrected chi connectivity index (χ0v) is 16.1. The first-order valence-electron chi connectivity index (χ1n) is 8.95. The second-order valence-electron chi connectivity index (χ2n) is 6.67. The van der Waals surface area contributed by atoms with Gasteiger partial charge in [0.2, 0.25) is 0 Å². The van der Waals surface area contributed by atoms with Crippen molar-refractivity contribution in [3.8, 4) is 5.75 Å². The number of thiophene rings is 1. The molecule has 3 aromatic rings. The number of rotatable bonds is 5. The van der Waals surface area contributed by atoms with E-state index in [4.69, 9.17) is 9.72 Å². The van der Waals surface area contributed by atoms with E-state index < -0.39 is 0 Å². The highest BCUT2D eigenvalue weighted by molar-refractivity contribution is 7.20. The predicted octanol–water partition coefficient (Wildman–Crippen LogP) is 2.99. The third kappa shape index (κ3) is 3.80. The molecular formula is C20H22N4O2S. The van der Waals surface area contributed by atoms with Crippen LogP contribution in [-0.4, -0.2) is 31.1 Å². The number of nitrogens with zero attached hydrogens (tertiary/aromatic N) is 1. The van der Waals surface area contributed by atoms with E-state index >= 15 is 0 Å². The minimum Gasteiger partial charge on any atom is -0.497 e. The van der Waals surface area contributed by atoms with Crippen LogP contribution in [0.3, 0.4) is 0 Å². The van der Waals surface area contributed by atoms with Gasteiger partial charge in [0.05, 0.1) is 18.0 Å². The van der Waals surface area contributed by atoms with E-state index in [0.717, 1.165) is 40.3 Å². The van der Waals surface area contributed by atoms with Gasteiger partial charge in [-0.15, -0.1) is 11.3 Å². The minimum absolute atomic E-state index is 0.0842. The van der Waals surface area contributed by atoms with Crippen molar-refractivity contribution in [2.75, 3.05) is 20.2 Å². The van der Waals surface area contributed by atoms with Crippen LogP contribution in [0.5, 0.6) is 5.75 Å². The third-order valence-corrected chi connectivity index (χ3v) is 5.85. The Kier molecular flexibility index (Phi) is 5.07. The SMILES string of the molecule is COc1cccc([C@@H](C)NC(=O)c2cc3ccc(C4CNNC4)nc3s2)c1. The summed E-state index contributed by atoms with van der Waals surface area (Å²) in [5, 5.41) is 4.06. The minimum atomic E-state index is -0.114. The molecule has 1 fully saturated rings. The van der Waals surface area contributed by atoms with E-state index in [1.807, 2.05) is 37.3 Å². The van der Waals surface area contributed by atoms with Crippen LogP contribution >= 0.6 is 11.3 Å². The van der Waals surface area contributed by atoms with Crippen LogP contribution in [0.4, 0.5) is 0 Å². The van der Waals surface area contributed by atoms with E-state index in [-0.39, 0.29) is 11.9 Å². The van der Waals surface area contributed by atoms with E-state index in [9.17, 15) is 4.79 Å². The van der Waals surface area contributed by atoms with Gasteiger partial charge in [-0.05, 0) is 36.8 Å². The highest BCUT2D eigenvalue weighted by atomic mass is 32.1. The number of hydrogen-bond acceptors (Lipinski definition) is 6. The van der Waals surface area contributed by atoms with Crippen LogP contribution < -0.4 is 20.9 Å². The summed E-state index contributed by atoms with van der Waals surface area (Å²) in [6, 6.07) is 13.6. The van der Waals surface area contributed by atoms with Gasteiger partial charge < -0.3 is 10.1 Å². The monoisotopic (exact) mass is 382 g/mol. The molecule has 1 aliphatic rings. The Morgan fingerprint density at radius 1 is 1.26 bits per heavy atom. The van der Waals surface area contributed by atoms with Crippen molar-refractivity contribution in [3.05, 3.63) is 58.6 Å². The van der Waals surface area contributed by atoms with Crippen LogP contribution in [-0.2, 0) is 0 Å². The quantitative estimate of drug-likeness (QED) is 0.633. The van der Waals surface area contributed by atoms with Crippen molar-refractivity contribution in [1.29, 1.82) is 0 Å². The molecular weight excluding hydrogens is 360 g/mol. The lowest BCUT2D eigenvalue weighted by atomic mass is 10.1. The molecule has 0 bridgehead atoms. The molecule has 0 unspecified atom stereocenters. The number of benzene rings is 1. The van der Waals surface area contributed by atoms with Crippen molar-refractivity contribution in [2.45, 2.75) is 18.9 Å². The smallest absolute Gasteiger partial charge is 0.261 e. The molecule has 0 aliphatic carbocycles. The molecule has 1 amide bonds. The molecule has 27 heavy (non-hydrogen) atoms. The number of nitrogens with one attached hydrogen (secondary N) is 3. The molecule has 140 valence electrons. The van der Waals surface area contributed by atoms with Crippen molar-refractivity contribution in [1.82, 2.24) is 21.2 Å². The van der Waals surface area contributed by atoms with Crippen molar-refractivity contribution < 1.29 is 9.53 Å². The molecule has 6 nitrogen and oxygen atoms in total. The Morgan fingerprint density at radius 2 is 2.07 bits per heavy atom. The van der Waals surface area contributed by atoms with Gasteiger partial charge in [-0.3, -0.25) is 15.6 Å². The van der Waals surface area contributed by atoms with Gasteiger partial charge >= 0.3 is 0 Å². The number of carbonyl (C=O) groups is 1. The molecule has 4 rings (SSSR count). The van der Waals surface area contributed by atoms with Gasteiger partial charge in [-0.25, -0.2) is 4.98 Å². The summed E-state index contributed by atoms with van der Waals surface area (Å²) in [7, 11) is 1.64. The fourth-order valence-electron chi connectivity index (χ4n) is 3.21. The molecule has 1 saturated heterocycles. The Morgan fingerprint density at radius 3 is 2.85 bits per heavy atom. The summed E-state index contributed by atoms with van der Waals surface area (Å²) in [5.41, 5.74) is 8.32. The lowest BCUT2D eigenvalue weighted by Gasteiger charge is -2.14. The van der Waals surface area contributed by atoms with E-state index in [2.05, 4.69) is 28.3 Å². The molecule has 1 aliphatic heterocycles. The lowest BCUT2D eigenvalue weighted by molar-refractivity contribution is 0.0944. The number of methoxy groups -OCH3 is 1. The molecule has 7 heteroatoms. The summed E-state index contributed by atoms with van der Waals surface area (Å²) in [6.07, 6.45) is 0. The summed E-state index contributed by atoms with van der Waals surface area (Å²) in [4.78, 5) is 19.1. The maximum Gasteiger partial charge on any atom is 0.261 e. The first-order chi connectivity index (χ1) is 13.1. The molecule has 2 aromatic heterocycles. The summed E-state index contributed by atoms with van der Waals surface area (Å²) in [5.74, 6) is 1.06. The Balaban J connectivity index is 1.51. The lowest BCUT2D eigenvalue weighted by Crippen LogP contribution is -2.25. The van der Waals surface area contributed by atoms with Gasteiger partial charge in [0, 0.05) is 30.1 Å². The first-order valence-corrected chi connectivity index (χ1v) is 9.76. The second kappa shape index (κ2) is 7.64. The average molecular weight is 382 g/mol. The Bertz CT molecular complexity index is 966. The molecule has 0 spiro atoms. The van der Waals surface area contributed by atoms with E-state index in [1.54, 1.807) is 7.11 Å². The maximum atomic E-state index is 12.7. The van der Waals surface area contributed by atoms with Crippen LogP contribution in [0.1, 0.15) is 39.8 Å². The Hall–Kier alpha value is -2.48. The zero-order chi connectivity index (χ0) is 18.8. The number of carbonyl (C=O) groups excluding carboxylic acids is 1. The number of aromatic nitrogens is 1. The topological polar surface area (TPSA) is 75.3 Å². The zero-order valence-electron chi connectivity index (χ0n) is 15.3. The number of hydrazine groups is 1. The maximum absolute atomic E-state index is 12.7. The number of hydrogen-bond donors (Lipinski definition) is 3. The molecule has 1 aromatic carbocycles.